The van der Waals surface area contributed by atoms with Crippen LogP contribution in [0.1, 0.15) is 210 Å². The normalized spacial score (nSPS) is 19.9. The van der Waals surface area contributed by atoms with Gasteiger partial charge in [0.05, 0.1) is 40.2 Å². The van der Waals surface area contributed by atoms with Crippen molar-refractivity contribution in [2.45, 2.75) is 244 Å². The highest BCUT2D eigenvalue weighted by molar-refractivity contribution is 5.03. The molecule has 308 valence electrons. The Labute approximate surface area is 320 Å². The van der Waals surface area contributed by atoms with Crippen LogP contribution in [0, 0.1) is 0 Å². The summed E-state index contributed by atoms with van der Waals surface area (Å²) in [6.45, 7) is 19.6. The summed E-state index contributed by atoms with van der Waals surface area (Å²) in [6.07, 6.45) is 22.0. The van der Waals surface area contributed by atoms with Crippen LogP contribution in [0.2, 0.25) is 0 Å². The van der Waals surface area contributed by atoms with Gasteiger partial charge < -0.3 is 35.7 Å². The van der Waals surface area contributed by atoms with Crippen LogP contribution >= 0.6 is 0 Å². The maximum atomic E-state index is 11.0. The Balaban J connectivity index is 4.36. The Morgan fingerprint density at radius 1 is 0.365 bits per heavy atom. The predicted molar refractivity (Wildman–Crippen MR) is 219 cm³/mol. The Morgan fingerprint density at radius 3 is 0.962 bits per heavy atom. The monoisotopic (exact) mass is 739 g/mol. The molecule has 0 rings (SSSR count). The Hall–Kier alpha value is -1.06. The number of hydrogen-bond donors (Lipinski definition) is 7. The molecule has 0 aromatic rings. The molecular formula is C45H86O7. The van der Waals surface area contributed by atoms with Crippen molar-refractivity contribution in [2.75, 3.05) is 6.61 Å². The summed E-state index contributed by atoms with van der Waals surface area (Å²) in [6, 6.07) is 0. The van der Waals surface area contributed by atoms with Crippen molar-refractivity contribution in [1.29, 1.82) is 0 Å². The highest BCUT2D eigenvalue weighted by atomic mass is 16.3. The molecule has 0 aliphatic heterocycles. The number of aliphatic hydroxyl groups excluding tert-OH is 1. The molecule has 0 saturated heterocycles. The van der Waals surface area contributed by atoms with Gasteiger partial charge in [0.2, 0.25) is 0 Å². The van der Waals surface area contributed by atoms with E-state index < -0.39 is 33.6 Å². The minimum Gasteiger partial charge on any atom is -0.392 e. The largest absolute Gasteiger partial charge is 0.392 e. The number of allylic oxidation sites excluding steroid dienone is 5. The average molecular weight is 739 g/mol. The zero-order chi connectivity index (χ0) is 40.1. The molecule has 6 atom stereocenters. The molecule has 0 spiro atoms. The van der Waals surface area contributed by atoms with Gasteiger partial charge in [0.15, 0.2) is 0 Å². The van der Waals surface area contributed by atoms with Gasteiger partial charge in [-0.25, -0.2) is 0 Å². The van der Waals surface area contributed by atoms with Crippen molar-refractivity contribution in [3.05, 3.63) is 34.9 Å². The molecule has 0 aromatic heterocycles. The van der Waals surface area contributed by atoms with E-state index in [0.717, 1.165) is 57.8 Å². The fraction of sp³-hybridized carbons (Fsp3) is 0.867. The fourth-order valence-electron chi connectivity index (χ4n) is 7.33. The minimum absolute atomic E-state index is 0.0920. The Morgan fingerprint density at radius 2 is 0.654 bits per heavy atom. The van der Waals surface area contributed by atoms with Crippen LogP contribution in [-0.4, -0.2) is 76.0 Å². The highest BCUT2D eigenvalue weighted by Crippen LogP contribution is 2.32. The molecule has 7 nitrogen and oxygen atoms in total. The van der Waals surface area contributed by atoms with Gasteiger partial charge in [-0.15, -0.1) is 0 Å². The van der Waals surface area contributed by atoms with Gasteiger partial charge in [0.1, 0.15) is 0 Å². The lowest BCUT2D eigenvalue weighted by molar-refractivity contribution is -0.00728. The molecule has 0 aliphatic carbocycles. The first-order valence-corrected chi connectivity index (χ1v) is 20.7. The maximum Gasteiger partial charge on any atom is 0.0622 e. The molecule has 0 unspecified atom stereocenters. The zero-order valence-corrected chi connectivity index (χ0v) is 35.6. The summed E-state index contributed by atoms with van der Waals surface area (Å²) in [5.74, 6) is 0. The molecular weight excluding hydrogens is 652 g/mol. The van der Waals surface area contributed by atoms with E-state index in [1.807, 2.05) is 54.5 Å². The lowest BCUT2D eigenvalue weighted by atomic mass is 9.83. The summed E-state index contributed by atoms with van der Waals surface area (Å²) in [7, 11) is 0. The smallest absolute Gasteiger partial charge is 0.0622 e. The maximum absolute atomic E-state index is 11.0. The topological polar surface area (TPSA) is 142 Å². The molecule has 0 radical (unpaired) electrons. The van der Waals surface area contributed by atoms with Gasteiger partial charge in [0.25, 0.3) is 0 Å². The van der Waals surface area contributed by atoms with Gasteiger partial charge in [-0.2, -0.15) is 0 Å². The van der Waals surface area contributed by atoms with Crippen molar-refractivity contribution in [1.82, 2.24) is 0 Å². The van der Waals surface area contributed by atoms with E-state index in [9.17, 15) is 30.6 Å². The number of aliphatic hydroxyl groups is 7. The van der Waals surface area contributed by atoms with Crippen LogP contribution in [-0.2, 0) is 0 Å². The zero-order valence-electron chi connectivity index (χ0n) is 35.6. The summed E-state index contributed by atoms with van der Waals surface area (Å²) in [5, 5.41) is 74.5. The molecule has 7 heteroatoms. The predicted octanol–water partition coefficient (Wildman–Crippen LogP) is 9.93. The minimum atomic E-state index is -0.867. The lowest BCUT2D eigenvalue weighted by Gasteiger charge is -2.30. The Bertz CT molecular complexity index is 1040. The van der Waals surface area contributed by atoms with Crippen molar-refractivity contribution >= 4 is 0 Å². The van der Waals surface area contributed by atoms with Crippen LogP contribution in [0.5, 0.6) is 0 Å². The third kappa shape index (κ3) is 29.3. The second-order valence-corrected chi connectivity index (χ2v) is 18.7. The van der Waals surface area contributed by atoms with Gasteiger partial charge in [-0.1, -0.05) is 34.9 Å². The van der Waals surface area contributed by atoms with Crippen molar-refractivity contribution in [2.24, 2.45) is 0 Å². The molecule has 0 saturated carbocycles. The van der Waals surface area contributed by atoms with Crippen molar-refractivity contribution in [3.63, 3.8) is 0 Å². The number of hydrogen-bond acceptors (Lipinski definition) is 7. The quantitative estimate of drug-likeness (QED) is 0.0351. The molecule has 7 N–H and O–H groups in total. The van der Waals surface area contributed by atoms with E-state index in [1.54, 1.807) is 0 Å². The first kappa shape index (κ1) is 50.9. The summed E-state index contributed by atoms with van der Waals surface area (Å²) in [4.78, 5) is 0. The third-order valence-electron chi connectivity index (χ3n) is 11.1. The van der Waals surface area contributed by atoms with Gasteiger partial charge in [0, 0.05) is 0 Å². The highest BCUT2D eigenvalue weighted by Gasteiger charge is 2.29. The van der Waals surface area contributed by atoms with Gasteiger partial charge >= 0.3 is 0 Å². The van der Waals surface area contributed by atoms with Crippen LogP contribution in [0.4, 0.5) is 0 Å². The second kappa shape index (κ2) is 24.5. The number of rotatable bonds is 31. The van der Waals surface area contributed by atoms with E-state index in [2.05, 4.69) is 32.9 Å². The molecule has 0 heterocycles. The standard InChI is InChI=1S/C45H86O7/c1-37(2)19-12-24-40(5,47)26-14-28-42(7,49)30-16-32-44(9,51)34-18-35-45(10,52)33-17-31-43(8,50)29-15-27-41(6,48)25-13-22-38(3)20-11-21-39(4)23-36-46/h19-20,23,46-52H,11-18,21-22,24-36H2,1-10H3/b38-20+,39-23+/t40-,41-,42-,43-,44-,45+/m0/s1. The van der Waals surface area contributed by atoms with E-state index in [1.165, 1.54) is 16.7 Å². The van der Waals surface area contributed by atoms with Crippen LogP contribution in [0.15, 0.2) is 34.9 Å². The Kier molecular flexibility index (Phi) is 24.0. The van der Waals surface area contributed by atoms with Gasteiger partial charge in [-0.05, 0) is 210 Å². The van der Waals surface area contributed by atoms with E-state index in [0.29, 0.717) is 83.5 Å². The molecule has 52 heavy (non-hydrogen) atoms. The van der Waals surface area contributed by atoms with E-state index >= 15 is 0 Å². The van der Waals surface area contributed by atoms with Crippen molar-refractivity contribution in [3.8, 4) is 0 Å². The average Bonchev–Trinajstić information content (AvgIpc) is 2.95. The molecule has 0 aromatic carbocycles. The molecule has 0 bridgehead atoms. The second-order valence-electron chi connectivity index (χ2n) is 18.7. The summed E-state index contributed by atoms with van der Waals surface area (Å²) >= 11 is 0. The summed E-state index contributed by atoms with van der Waals surface area (Å²) in [5.41, 5.74) is -1.10. The first-order valence-electron chi connectivity index (χ1n) is 20.7. The summed E-state index contributed by atoms with van der Waals surface area (Å²) < 4.78 is 0. The first-order chi connectivity index (χ1) is 23.8. The molecule has 0 amide bonds. The van der Waals surface area contributed by atoms with E-state index in [-0.39, 0.29) is 6.61 Å². The van der Waals surface area contributed by atoms with Crippen LogP contribution in [0.25, 0.3) is 0 Å². The molecule has 0 fully saturated rings. The third-order valence-corrected chi connectivity index (χ3v) is 11.1. The lowest BCUT2D eigenvalue weighted by Crippen LogP contribution is -2.31. The van der Waals surface area contributed by atoms with Crippen LogP contribution in [0.3, 0.4) is 0 Å². The fourth-order valence-corrected chi connectivity index (χ4v) is 7.33. The molecule has 0 aliphatic rings. The van der Waals surface area contributed by atoms with E-state index in [4.69, 9.17) is 5.11 Å². The van der Waals surface area contributed by atoms with Crippen molar-refractivity contribution < 1.29 is 35.7 Å². The van der Waals surface area contributed by atoms with Crippen LogP contribution < -0.4 is 0 Å². The SMILES string of the molecule is CC(C)=CCC[C@](C)(O)CCC[C@](C)(O)CCC[C@](C)(O)CCC[C@](C)(O)CCC[C@@](C)(O)CCC[C@@](C)(O)CCC/C(C)=C/CC/C(C)=C/CO. The van der Waals surface area contributed by atoms with Gasteiger partial charge in [-0.3, -0.25) is 0 Å².